The highest BCUT2D eigenvalue weighted by molar-refractivity contribution is 5.78. The highest BCUT2D eigenvalue weighted by atomic mass is 16.5. The van der Waals surface area contributed by atoms with E-state index in [0.717, 1.165) is 11.1 Å². The van der Waals surface area contributed by atoms with Gasteiger partial charge in [0.2, 0.25) is 0 Å². The van der Waals surface area contributed by atoms with Gasteiger partial charge in [-0.2, -0.15) is 0 Å². The number of rotatable bonds is 6. The number of esters is 1. The van der Waals surface area contributed by atoms with Crippen molar-refractivity contribution in [2.45, 2.75) is 32.2 Å². The molecule has 7 nitrogen and oxygen atoms in total. The summed E-state index contributed by atoms with van der Waals surface area (Å²) in [5.74, 6) is 0.799. The van der Waals surface area contributed by atoms with Crippen molar-refractivity contribution in [2.75, 3.05) is 14.2 Å². The first-order valence-electron chi connectivity index (χ1n) is 10.4. The summed E-state index contributed by atoms with van der Waals surface area (Å²) in [7, 11) is 3.11. The first-order chi connectivity index (χ1) is 15.4. The summed E-state index contributed by atoms with van der Waals surface area (Å²) in [6, 6.07) is 14.0. The monoisotopic (exact) mass is 435 g/mol. The molecule has 0 bridgehead atoms. The van der Waals surface area contributed by atoms with Gasteiger partial charge in [-0.1, -0.05) is 18.2 Å². The Balaban J connectivity index is 1.76. The summed E-state index contributed by atoms with van der Waals surface area (Å²) < 4.78 is 18.0. The minimum atomic E-state index is -0.486. The lowest BCUT2D eigenvalue weighted by atomic mass is 9.86. The number of carbonyl (C=O) groups is 1. The molecule has 2 aromatic carbocycles. The van der Waals surface area contributed by atoms with Crippen LogP contribution in [0.1, 0.15) is 34.7 Å². The molecule has 32 heavy (non-hydrogen) atoms. The number of benzene rings is 2. The Hall–Kier alpha value is -3.74. The molecule has 166 valence electrons. The molecule has 1 N–H and O–H groups in total. The zero-order chi connectivity index (χ0) is 22.8. The van der Waals surface area contributed by atoms with E-state index < -0.39 is 5.92 Å². The maximum Gasteiger partial charge on any atom is 0.312 e. The second-order valence-corrected chi connectivity index (χ2v) is 7.78. The molecule has 1 aromatic heterocycles. The predicted octanol–water partition coefficient (Wildman–Crippen LogP) is 3.56. The molecule has 7 heteroatoms. The van der Waals surface area contributed by atoms with Crippen molar-refractivity contribution in [2.24, 2.45) is 0 Å². The van der Waals surface area contributed by atoms with E-state index in [1.165, 1.54) is 0 Å². The minimum absolute atomic E-state index is 0.0476. The summed E-state index contributed by atoms with van der Waals surface area (Å²) in [6.07, 6.45) is 0.669. The molecule has 1 atom stereocenters. The molecule has 0 fully saturated rings. The van der Waals surface area contributed by atoms with Gasteiger partial charge in [-0.3, -0.25) is 9.59 Å². The third kappa shape index (κ3) is 4.06. The van der Waals surface area contributed by atoms with Crippen LogP contribution in [-0.2, 0) is 17.8 Å². The van der Waals surface area contributed by atoms with Gasteiger partial charge in [0, 0.05) is 35.9 Å². The van der Waals surface area contributed by atoms with Crippen LogP contribution in [-0.4, -0.2) is 29.9 Å². The zero-order valence-electron chi connectivity index (χ0n) is 18.3. The van der Waals surface area contributed by atoms with E-state index >= 15 is 0 Å². The molecule has 0 aliphatic carbocycles. The number of aromatic nitrogens is 1. The molecule has 0 radical (unpaired) electrons. The van der Waals surface area contributed by atoms with Crippen LogP contribution in [0.3, 0.4) is 0 Å². The van der Waals surface area contributed by atoms with E-state index in [1.54, 1.807) is 49.1 Å². The number of aryl methyl sites for hydroxylation is 2. The number of methoxy groups -OCH3 is 2. The maximum atomic E-state index is 13.6. The van der Waals surface area contributed by atoms with E-state index in [-0.39, 0.29) is 23.7 Å². The van der Waals surface area contributed by atoms with Crippen LogP contribution in [0.2, 0.25) is 0 Å². The zero-order valence-corrected chi connectivity index (χ0v) is 18.3. The molecule has 0 saturated carbocycles. The average Bonchev–Trinajstić information content (AvgIpc) is 2.78. The highest BCUT2D eigenvalue weighted by Gasteiger charge is 2.34. The van der Waals surface area contributed by atoms with E-state index in [1.807, 2.05) is 25.1 Å². The van der Waals surface area contributed by atoms with Gasteiger partial charge in [-0.25, -0.2) is 0 Å². The van der Waals surface area contributed by atoms with Crippen molar-refractivity contribution < 1.29 is 24.1 Å². The van der Waals surface area contributed by atoms with Crippen LogP contribution < -0.4 is 19.8 Å². The third-order valence-electron chi connectivity index (χ3n) is 5.83. The average molecular weight is 435 g/mol. The summed E-state index contributed by atoms with van der Waals surface area (Å²) in [4.78, 5) is 26.0. The number of carbonyl (C=O) groups excluding carboxylic acids is 1. The molecule has 1 unspecified atom stereocenters. The fraction of sp³-hybridized carbons (Fsp3) is 0.280. The number of hydrogen-bond acceptors (Lipinski definition) is 6. The number of fused-ring (bicyclic) bond motifs is 1. The van der Waals surface area contributed by atoms with Gasteiger partial charge in [0.05, 0.1) is 26.2 Å². The minimum Gasteiger partial charge on any atom is -0.508 e. The molecule has 3 aromatic rings. The second-order valence-electron chi connectivity index (χ2n) is 7.78. The van der Waals surface area contributed by atoms with E-state index in [4.69, 9.17) is 14.2 Å². The number of pyridine rings is 1. The molecular weight excluding hydrogens is 410 g/mol. The summed E-state index contributed by atoms with van der Waals surface area (Å²) in [5.41, 5.74) is 2.71. The van der Waals surface area contributed by atoms with Gasteiger partial charge >= 0.3 is 5.97 Å². The summed E-state index contributed by atoms with van der Waals surface area (Å²) in [6.45, 7) is 2.28. The Morgan fingerprint density at radius 2 is 1.81 bits per heavy atom. The van der Waals surface area contributed by atoms with Crippen molar-refractivity contribution in [3.05, 3.63) is 81.3 Å². The molecule has 1 aliphatic rings. The van der Waals surface area contributed by atoms with Crippen LogP contribution in [0.4, 0.5) is 0 Å². The quantitative estimate of drug-likeness (QED) is 0.596. The third-order valence-corrected chi connectivity index (χ3v) is 5.83. The van der Waals surface area contributed by atoms with Crippen LogP contribution >= 0.6 is 0 Å². The normalized spacial score (nSPS) is 15.1. The van der Waals surface area contributed by atoms with Crippen LogP contribution in [0.15, 0.2) is 53.3 Å². The predicted molar refractivity (Wildman–Crippen MR) is 119 cm³/mol. The Bertz CT molecular complexity index is 1210. The molecule has 0 saturated heterocycles. The molecule has 0 amide bonds. The first kappa shape index (κ1) is 21.5. The van der Waals surface area contributed by atoms with Crippen molar-refractivity contribution in [3.8, 4) is 23.0 Å². The lowest BCUT2D eigenvalue weighted by molar-refractivity contribution is -0.135. The lowest BCUT2D eigenvalue weighted by Gasteiger charge is -2.27. The summed E-state index contributed by atoms with van der Waals surface area (Å²) in [5, 5.41) is 9.48. The van der Waals surface area contributed by atoms with E-state index in [9.17, 15) is 14.7 Å². The number of ether oxygens (including phenoxy) is 3. The van der Waals surface area contributed by atoms with Crippen molar-refractivity contribution in [1.82, 2.24) is 4.57 Å². The molecule has 2 heterocycles. The number of phenols is 1. The maximum absolute atomic E-state index is 13.6. The SMILES string of the molecule is COc1ccc(C2CC(=O)Oc3cc(C)n(CCc4ccc(O)cc4)c(=O)c32)c(OC)c1. The van der Waals surface area contributed by atoms with Crippen molar-refractivity contribution >= 4 is 5.97 Å². The number of aromatic hydroxyl groups is 1. The van der Waals surface area contributed by atoms with Gasteiger partial charge < -0.3 is 23.9 Å². The number of hydrogen-bond donors (Lipinski definition) is 1. The molecular formula is C25H25NO6. The summed E-state index contributed by atoms with van der Waals surface area (Å²) >= 11 is 0. The van der Waals surface area contributed by atoms with Crippen molar-refractivity contribution in [1.29, 1.82) is 0 Å². The topological polar surface area (TPSA) is 87.0 Å². The van der Waals surface area contributed by atoms with E-state index in [2.05, 4.69) is 0 Å². The highest BCUT2D eigenvalue weighted by Crippen LogP contribution is 2.41. The first-order valence-corrected chi connectivity index (χ1v) is 10.4. The van der Waals surface area contributed by atoms with Gasteiger partial charge in [0.25, 0.3) is 5.56 Å². The Kier molecular flexibility index (Phi) is 5.90. The van der Waals surface area contributed by atoms with Gasteiger partial charge in [-0.15, -0.1) is 0 Å². The fourth-order valence-corrected chi connectivity index (χ4v) is 4.15. The number of nitrogens with zero attached hydrogens (tertiary/aromatic N) is 1. The Morgan fingerprint density at radius 1 is 1.06 bits per heavy atom. The lowest BCUT2D eigenvalue weighted by Crippen LogP contribution is -2.33. The van der Waals surface area contributed by atoms with Gasteiger partial charge in [-0.05, 0) is 37.1 Å². The van der Waals surface area contributed by atoms with Crippen LogP contribution in [0, 0.1) is 6.92 Å². The molecule has 0 spiro atoms. The van der Waals surface area contributed by atoms with Gasteiger partial charge in [0.1, 0.15) is 23.0 Å². The van der Waals surface area contributed by atoms with Crippen LogP contribution in [0.25, 0.3) is 0 Å². The standard InChI is InChI=1S/C25H25NO6/c1-15-12-22-24(25(29)26(15)11-10-16-4-6-17(27)7-5-16)20(14-23(28)32-22)19-9-8-18(30-2)13-21(19)31-3/h4-9,12-13,20,27H,10-11,14H2,1-3H3. The largest absolute Gasteiger partial charge is 0.508 e. The second kappa shape index (κ2) is 8.78. The number of phenolic OH excluding ortho intramolecular Hbond substituents is 1. The Morgan fingerprint density at radius 3 is 2.50 bits per heavy atom. The van der Waals surface area contributed by atoms with Gasteiger partial charge in [0.15, 0.2) is 0 Å². The van der Waals surface area contributed by atoms with E-state index in [0.29, 0.717) is 41.5 Å². The van der Waals surface area contributed by atoms with Crippen molar-refractivity contribution in [3.63, 3.8) is 0 Å². The smallest absolute Gasteiger partial charge is 0.312 e. The molecule has 4 rings (SSSR count). The van der Waals surface area contributed by atoms with Crippen LogP contribution in [0.5, 0.6) is 23.0 Å². The molecule has 1 aliphatic heterocycles. The Labute approximate surface area is 185 Å². The fourth-order valence-electron chi connectivity index (χ4n) is 4.15.